The Kier molecular flexibility index (Phi) is 6.14. The molecule has 1 amide bonds. The van der Waals surface area contributed by atoms with Crippen molar-refractivity contribution >= 4 is 11.9 Å². The van der Waals surface area contributed by atoms with Crippen LogP contribution in [0.5, 0.6) is 0 Å². The van der Waals surface area contributed by atoms with Crippen molar-refractivity contribution in [2.24, 2.45) is 5.41 Å². The smallest absolute Gasteiger partial charge is 0.458 e. The summed E-state index contributed by atoms with van der Waals surface area (Å²) in [5.41, 5.74) is -1.19. The number of esters is 1. The van der Waals surface area contributed by atoms with Gasteiger partial charge in [0.1, 0.15) is 6.61 Å². The number of halogens is 3. The molecule has 0 aliphatic rings. The van der Waals surface area contributed by atoms with Crippen LogP contribution in [0.2, 0.25) is 0 Å². The zero-order valence-corrected chi connectivity index (χ0v) is 10.7. The van der Waals surface area contributed by atoms with Crippen molar-refractivity contribution in [2.45, 2.75) is 39.8 Å². The van der Waals surface area contributed by atoms with Crippen molar-refractivity contribution < 1.29 is 27.5 Å². The molecule has 0 aliphatic carbocycles. The van der Waals surface area contributed by atoms with Gasteiger partial charge in [-0.1, -0.05) is 13.3 Å². The summed E-state index contributed by atoms with van der Waals surface area (Å²) in [7, 11) is 0. The van der Waals surface area contributed by atoms with E-state index in [0.29, 0.717) is 6.54 Å². The summed E-state index contributed by atoms with van der Waals surface area (Å²) in [6.45, 7) is 4.62. The van der Waals surface area contributed by atoms with Gasteiger partial charge in [0.15, 0.2) is 0 Å². The van der Waals surface area contributed by atoms with Crippen LogP contribution in [-0.2, 0) is 14.3 Å². The summed E-state index contributed by atoms with van der Waals surface area (Å²) < 4.78 is 39.8. The van der Waals surface area contributed by atoms with Crippen LogP contribution in [0, 0.1) is 5.41 Å². The number of carbonyl (C=O) groups is 2. The Bertz CT molecular complexity index is 300. The Labute approximate surface area is 104 Å². The van der Waals surface area contributed by atoms with E-state index in [0.717, 1.165) is 12.8 Å². The van der Waals surface area contributed by atoms with Crippen molar-refractivity contribution in [3.05, 3.63) is 0 Å². The molecule has 0 aromatic rings. The van der Waals surface area contributed by atoms with Gasteiger partial charge in [-0.2, -0.15) is 13.2 Å². The highest BCUT2D eigenvalue weighted by Gasteiger charge is 2.42. The monoisotopic (exact) mass is 269 g/mol. The molecular weight excluding hydrogens is 251 g/mol. The van der Waals surface area contributed by atoms with E-state index >= 15 is 0 Å². The van der Waals surface area contributed by atoms with Gasteiger partial charge in [-0.25, -0.2) is 4.79 Å². The van der Waals surface area contributed by atoms with Gasteiger partial charge < -0.3 is 10.1 Å². The lowest BCUT2D eigenvalue weighted by Crippen LogP contribution is -2.42. The predicted octanol–water partition coefficient (Wildman–Crippen LogP) is 2.03. The minimum absolute atomic E-state index is 0.439. The van der Waals surface area contributed by atoms with E-state index in [9.17, 15) is 22.8 Å². The first-order valence-electron chi connectivity index (χ1n) is 5.63. The first-order valence-corrected chi connectivity index (χ1v) is 5.63. The van der Waals surface area contributed by atoms with Crippen LogP contribution in [-0.4, -0.2) is 31.2 Å². The third-order valence-electron chi connectivity index (χ3n) is 2.23. The maximum Gasteiger partial charge on any atom is 0.490 e. The van der Waals surface area contributed by atoms with Gasteiger partial charge in [-0.3, -0.25) is 4.79 Å². The van der Waals surface area contributed by atoms with E-state index in [1.807, 2.05) is 6.92 Å². The van der Waals surface area contributed by atoms with Crippen molar-refractivity contribution in [1.29, 1.82) is 0 Å². The number of alkyl halides is 3. The maximum absolute atomic E-state index is 11.9. The van der Waals surface area contributed by atoms with E-state index in [2.05, 4.69) is 10.1 Å². The van der Waals surface area contributed by atoms with Crippen LogP contribution in [0.15, 0.2) is 0 Å². The Morgan fingerprint density at radius 1 is 1.22 bits per heavy atom. The third-order valence-corrected chi connectivity index (χ3v) is 2.23. The first-order chi connectivity index (χ1) is 8.11. The summed E-state index contributed by atoms with van der Waals surface area (Å²) >= 11 is 0. The molecule has 0 unspecified atom stereocenters. The minimum Gasteiger partial charge on any atom is -0.458 e. The van der Waals surface area contributed by atoms with Crippen molar-refractivity contribution in [1.82, 2.24) is 5.32 Å². The van der Waals surface area contributed by atoms with Crippen molar-refractivity contribution in [3.63, 3.8) is 0 Å². The summed E-state index contributed by atoms with van der Waals surface area (Å²) in [6.07, 6.45) is -3.36. The molecule has 0 bridgehead atoms. The molecule has 0 aromatic carbocycles. The Hall–Kier alpha value is -1.27. The molecule has 0 atom stereocenters. The molecule has 7 heteroatoms. The number of nitrogens with one attached hydrogen (secondary N) is 1. The molecule has 0 saturated carbocycles. The second-order valence-electron chi connectivity index (χ2n) is 4.57. The third kappa shape index (κ3) is 5.88. The highest BCUT2D eigenvalue weighted by atomic mass is 19.4. The van der Waals surface area contributed by atoms with Gasteiger partial charge >= 0.3 is 12.1 Å². The molecule has 0 aliphatic heterocycles. The largest absolute Gasteiger partial charge is 0.490 e. The van der Waals surface area contributed by atoms with Gasteiger partial charge in [0.05, 0.1) is 5.41 Å². The quantitative estimate of drug-likeness (QED) is 0.593. The molecule has 0 aromatic heterocycles. The van der Waals surface area contributed by atoms with Crippen LogP contribution >= 0.6 is 0 Å². The second kappa shape index (κ2) is 6.61. The highest BCUT2D eigenvalue weighted by molar-refractivity contribution is 5.82. The number of ether oxygens (including phenoxy) is 1. The number of carbonyl (C=O) groups excluding carboxylic acids is 2. The second-order valence-corrected chi connectivity index (χ2v) is 4.57. The van der Waals surface area contributed by atoms with E-state index in [1.54, 1.807) is 0 Å². The summed E-state index contributed by atoms with van der Waals surface area (Å²) in [4.78, 5) is 22.1. The normalized spacial score (nSPS) is 12.1. The zero-order valence-electron chi connectivity index (χ0n) is 10.7. The van der Waals surface area contributed by atoms with Crippen LogP contribution < -0.4 is 5.32 Å². The molecular formula is C11H18F3NO3. The van der Waals surface area contributed by atoms with E-state index in [1.165, 1.54) is 13.8 Å². The number of hydrogen-bond acceptors (Lipinski definition) is 3. The molecule has 1 N–H and O–H groups in total. The molecule has 106 valence electrons. The summed E-state index contributed by atoms with van der Waals surface area (Å²) in [5, 5.41) is 2.57. The fraction of sp³-hybridized carbons (Fsp3) is 0.818. The topological polar surface area (TPSA) is 55.4 Å². The fourth-order valence-electron chi connectivity index (χ4n) is 1.01. The van der Waals surface area contributed by atoms with Crippen LogP contribution in [0.3, 0.4) is 0 Å². The Balaban J connectivity index is 4.22. The molecule has 18 heavy (non-hydrogen) atoms. The number of rotatable bonds is 6. The highest BCUT2D eigenvalue weighted by Crippen LogP contribution is 2.21. The van der Waals surface area contributed by atoms with Crippen LogP contribution in [0.1, 0.15) is 33.6 Å². The molecule has 0 radical (unpaired) electrons. The lowest BCUT2D eigenvalue weighted by Gasteiger charge is -2.23. The average molecular weight is 269 g/mol. The molecule has 0 rings (SSSR count). The number of hydrogen-bond donors (Lipinski definition) is 1. The van der Waals surface area contributed by atoms with Gasteiger partial charge in [0, 0.05) is 6.54 Å². The van der Waals surface area contributed by atoms with Crippen LogP contribution in [0.4, 0.5) is 13.2 Å². The molecule has 4 nitrogen and oxygen atoms in total. The molecule has 0 spiro atoms. The maximum atomic E-state index is 11.9. The summed E-state index contributed by atoms with van der Waals surface area (Å²) in [5.74, 6) is -2.72. The van der Waals surface area contributed by atoms with Crippen LogP contribution in [0.25, 0.3) is 0 Å². The summed E-state index contributed by atoms with van der Waals surface area (Å²) in [6, 6.07) is 0. The van der Waals surface area contributed by atoms with Crippen molar-refractivity contribution in [3.8, 4) is 0 Å². The van der Waals surface area contributed by atoms with E-state index < -0.39 is 30.1 Å². The van der Waals surface area contributed by atoms with Gasteiger partial charge in [0.25, 0.3) is 0 Å². The zero-order chi connectivity index (χ0) is 14.4. The predicted molar refractivity (Wildman–Crippen MR) is 58.7 cm³/mol. The lowest BCUT2D eigenvalue weighted by molar-refractivity contribution is -0.202. The fourth-order valence-corrected chi connectivity index (χ4v) is 1.01. The van der Waals surface area contributed by atoms with Gasteiger partial charge in [0.2, 0.25) is 5.91 Å². The standard InChI is InChI=1S/C11H18F3NO3/c1-4-5-6-15-8(16)10(2,3)7-18-9(17)11(12,13)14/h4-7H2,1-3H3,(H,15,16). The Morgan fingerprint density at radius 3 is 2.22 bits per heavy atom. The van der Waals surface area contributed by atoms with E-state index in [-0.39, 0.29) is 0 Å². The van der Waals surface area contributed by atoms with Gasteiger partial charge in [-0.15, -0.1) is 0 Å². The first kappa shape index (κ1) is 16.7. The van der Waals surface area contributed by atoms with E-state index in [4.69, 9.17) is 0 Å². The minimum atomic E-state index is -5.03. The molecule has 0 saturated heterocycles. The molecule has 0 fully saturated rings. The Morgan fingerprint density at radius 2 is 1.78 bits per heavy atom. The lowest BCUT2D eigenvalue weighted by atomic mass is 9.93. The number of amides is 1. The van der Waals surface area contributed by atoms with Gasteiger partial charge in [-0.05, 0) is 20.3 Å². The van der Waals surface area contributed by atoms with Crippen molar-refractivity contribution in [2.75, 3.05) is 13.2 Å². The SMILES string of the molecule is CCCCNC(=O)C(C)(C)COC(=O)C(F)(F)F. The average Bonchev–Trinajstić information content (AvgIpc) is 2.24. The molecule has 0 heterocycles. The number of unbranched alkanes of at least 4 members (excludes halogenated alkanes) is 1.